The smallest absolute Gasteiger partial charge is 0.774 e. The first-order valence-electron chi connectivity index (χ1n) is 4.86. The van der Waals surface area contributed by atoms with Crippen molar-refractivity contribution in [2.24, 2.45) is 0 Å². The van der Waals surface area contributed by atoms with Gasteiger partial charge in [0.15, 0.2) is 0 Å². The molecule has 0 spiro atoms. The van der Waals surface area contributed by atoms with Gasteiger partial charge >= 0.3 is 16.5 Å². The Labute approximate surface area is 200 Å². The van der Waals surface area contributed by atoms with Gasteiger partial charge in [-0.25, -0.2) is 0 Å². The van der Waals surface area contributed by atoms with E-state index in [9.17, 15) is 37.8 Å². The van der Waals surface area contributed by atoms with Crippen molar-refractivity contribution in [1.82, 2.24) is 0 Å². The quantitative estimate of drug-likeness (QED) is 0.0925. The Morgan fingerprint density at radius 2 is 0.559 bits per heavy atom. The van der Waals surface area contributed by atoms with Gasteiger partial charge in [0, 0.05) is 13.8 Å². The van der Waals surface area contributed by atoms with Crippen molar-refractivity contribution in [3.05, 3.63) is 0 Å². The Kier molecular flexibility index (Phi) is 72.1. The summed E-state index contributed by atoms with van der Waals surface area (Å²) in [4.78, 5) is 74.3. The van der Waals surface area contributed by atoms with Crippen LogP contribution in [0.1, 0.15) is 13.8 Å². The van der Waals surface area contributed by atoms with E-state index in [-0.39, 0.29) is 76.7 Å². The minimum atomic E-state index is -5.18. The molecule has 0 amide bonds. The molecule has 0 aliphatic heterocycles. The van der Waals surface area contributed by atoms with Gasteiger partial charge in [-0.1, -0.05) is 0 Å². The van der Waals surface area contributed by atoms with E-state index in [0.717, 1.165) is 0 Å². The first kappa shape index (κ1) is 92.1. The fourth-order valence-corrected chi connectivity index (χ4v) is 2.87. The van der Waals surface area contributed by atoms with E-state index in [0.29, 0.717) is 13.8 Å². The van der Waals surface area contributed by atoms with Crippen molar-refractivity contribution in [2.75, 3.05) is 0 Å². The van der Waals surface area contributed by atoms with Crippen molar-refractivity contribution < 1.29 is 146 Å². The predicted octanol–water partition coefficient (Wildman–Crippen LogP) is -15.3. The van der Waals surface area contributed by atoms with E-state index in [1.54, 1.807) is 0 Å². The summed E-state index contributed by atoms with van der Waals surface area (Å²) in [6.07, 6.45) is 0. The Balaban J connectivity index is -0.0000000145. The van der Waals surface area contributed by atoms with E-state index in [1.165, 1.54) is 0 Å². The van der Waals surface area contributed by atoms with Crippen LogP contribution in [-0.4, -0.2) is 78.9 Å². The van der Waals surface area contributed by atoms with Crippen LogP contribution in [0, 0.1) is 0 Å². The second-order valence-corrected chi connectivity index (χ2v) is 13.3. The Morgan fingerprint density at radius 3 is 0.559 bits per heavy atom. The molecule has 0 aliphatic carbocycles. The van der Waals surface area contributed by atoms with Crippen molar-refractivity contribution in [1.29, 1.82) is 0 Å². The summed E-state index contributed by atoms with van der Waals surface area (Å²) in [5.41, 5.74) is 5.32. The summed E-state index contributed by atoms with van der Waals surface area (Å²) in [5.74, 6) is 0. The monoisotopic (exact) mass is 666 g/mol. The average molecular weight is 667 g/mol. The molecule has 30 heteroatoms. The van der Waals surface area contributed by atoms with Crippen molar-refractivity contribution >= 4 is 30.4 Å². The van der Waals surface area contributed by atoms with E-state index in [1.807, 2.05) is 0 Å². The van der Waals surface area contributed by atoms with Gasteiger partial charge in [0.1, 0.15) is 0 Å². The van der Waals surface area contributed by atoms with Gasteiger partial charge in [-0.15, -0.1) is 0 Å². The zero-order valence-corrected chi connectivity index (χ0v) is 21.8. The number of hydrogen-bond donors (Lipinski definition) is 6. The first-order chi connectivity index (χ1) is 9.00. The molecular weight excluding hydrogens is 627 g/mol. The summed E-state index contributed by atoms with van der Waals surface area (Å²) in [6, 6.07) is 0. The molecular formula is C4H40N2NiO23P4+2. The maximum atomic E-state index is 10.3. The number of quaternary nitrogens is 2. The molecule has 0 bridgehead atoms. The molecule has 0 saturated heterocycles. The number of hydrogen-bond acceptors (Lipinski definition) is 8. The summed E-state index contributed by atoms with van der Waals surface area (Å²) in [5, 5.41) is -5.53. The van der Waals surface area contributed by atoms with E-state index < -0.39 is 40.4 Å². The molecule has 0 heterocycles. The van der Waals surface area contributed by atoms with Crippen molar-refractivity contribution in [3.8, 4) is 0 Å². The third kappa shape index (κ3) is 24.3. The molecule has 4 unspecified atom stereocenters. The van der Waals surface area contributed by atoms with Crippen LogP contribution in [0.3, 0.4) is 0 Å². The molecule has 0 fully saturated rings. The zero-order valence-electron chi connectivity index (χ0n) is 17.2. The van der Waals surface area contributed by atoms with Crippen LogP contribution in [0.4, 0.5) is 0 Å². The summed E-state index contributed by atoms with van der Waals surface area (Å²) in [6.45, 7) is 1.18. The Bertz CT molecular complexity index is 488. The van der Waals surface area contributed by atoms with Gasteiger partial charge < -0.3 is 129 Å². The first-order valence-corrected chi connectivity index (χ1v) is 11.2. The SMILES string of the molecule is CC([NH3+])(P(=O)([O-])O)P(=O)([O-])O.CC([NH3+])(P(=O)([O-])O)P(=O)([O-])O.O.O.O.O.O.O.O.O.O.[Ni+2].[OH3+].[OH3+]. The predicted molar refractivity (Wildman–Crippen MR) is 104 cm³/mol. The second-order valence-electron chi connectivity index (χ2n) is 4.52. The molecule has 0 rings (SSSR count). The largest absolute Gasteiger partial charge is 2.00 e. The Morgan fingerprint density at radius 1 is 0.500 bits per heavy atom. The van der Waals surface area contributed by atoms with Gasteiger partial charge in [0.05, 0.1) is 0 Å². The molecule has 0 aromatic rings. The maximum absolute atomic E-state index is 10.3. The minimum absolute atomic E-state index is 0. The molecule has 0 aromatic heterocycles. The van der Waals surface area contributed by atoms with E-state index in [2.05, 4.69) is 11.5 Å². The van der Waals surface area contributed by atoms with E-state index in [4.69, 9.17) is 19.6 Å². The van der Waals surface area contributed by atoms with Crippen LogP contribution >= 0.6 is 30.4 Å². The van der Waals surface area contributed by atoms with Gasteiger partial charge in [0.25, 0.3) is 0 Å². The zero-order chi connectivity index (χ0) is 19.0. The van der Waals surface area contributed by atoms with Crippen LogP contribution in [0.25, 0.3) is 0 Å². The molecule has 0 aromatic carbocycles. The van der Waals surface area contributed by atoms with Gasteiger partial charge in [-0.2, -0.15) is 0 Å². The van der Waals surface area contributed by atoms with Gasteiger partial charge in [-0.3, -0.25) is 0 Å². The normalized spacial score (nSPS) is 18.2. The standard InChI is InChI=1S/2C2H9NO6P2.Ni.11H2O/c2*1-2(3,10(4,5)6)11(7,8)9;;;;;;;;;;;;/h2*3H2,1H3,(H2,4,5,6)(H2,7,8,9);;11*1H2/q;;+2;;;;;;;;;;;. The van der Waals surface area contributed by atoms with Crippen LogP contribution in [0.5, 0.6) is 0 Å². The molecule has 34 heavy (non-hydrogen) atoms. The third-order valence-electron chi connectivity index (χ3n) is 2.44. The second kappa shape index (κ2) is 26.6. The number of rotatable bonds is 4. The molecule has 232 valence electrons. The molecule has 34 N–H and O–H groups in total. The van der Waals surface area contributed by atoms with Crippen LogP contribution in [0.2, 0.25) is 0 Å². The van der Waals surface area contributed by atoms with Crippen LogP contribution < -0.4 is 31.0 Å². The van der Waals surface area contributed by atoms with E-state index >= 15 is 0 Å². The maximum Gasteiger partial charge on any atom is 2.00 e. The summed E-state index contributed by atoms with van der Waals surface area (Å²) < 4.78 is 41.2. The summed E-state index contributed by atoms with van der Waals surface area (Å²) >= 11 is 0. The fourth-order valence-electron chi connectivity index (χ4n) is 0.319. The van der Waals surface area contributed by atoms with Crippen molar-refractivity contribution in [2.45, 2.75) is 23.9 Å². The third-order valence-corrected chi connectivity index (χ3v) is 10.3. The summed E-state index contributed by atoms with van der Waals surface area (Å²) in [7, 11) is -20.7. The fraction of sp³-hybridized carbons (Fsp3) is 1.00. The Hall–Kier alpha value is 0.574. The molecule has 0 radical (unpaired) electrons. The minimum Gasteiger partial charge on any atom is -0.774 e. The van der Waals surface area contributed by atoms with Crippen molar-refractivity contribution in [3.63, 3.8) is 0 Å². The molecule has 0 aliphatic rings. The van der Waals surface area contributed by atoms with Crippen LogP contribution in [0.15, 0.2) is 0 Å². The topological polar surface area (TPSA) is 646 Å². The van der Waals surface area contributed by atoms with Gasteiger partial charge in [0.2, 0.25) is 40.4 Å². The van der Waals surface area contributed by atoms with Gasteiger partial charge in [-0.05, 0) is 0 Å². The van der Waals surface area contributed by atoms with Crippen LogP contribution in [-0.2, 0) is 45.7 Å². The molecule has 25 nitrogen and oxygen atoms in total. The molecule has 0 saturated carbocycles. The molecule has 4 atom stereocenters. The average Bonchev–Trinajstić information content (AvgIpc) is 2.10.